The van der Waals surface area contributed by atoms with Crippen LogP contribution in [0.5, 0.6) is 0 Å². The van der Waals surface area contributed by atoms with Crippen LogP contribution in [0.3, 0.4) is 0 Å². The Morgan fingerprint density at radius 3 is 2.48 bits per heavy atom. The number of benzene rings is 2. The van der Waals surface area contributed by atoms with Crippen LogP contribution in [-0.2, 0) is 16.6 Å². The van der Waals surface area contributed by atoms with Crippen LogP contribution in [0.4, 0.5) is 0 Å². The molecule has 154 valence electrons. The molecule has 1 heterocycles. The molecule has 0 aliphatic heterocycles. The van der Waals surface area contributed by atoms with E-state index in [0.717, 1.165) is 34.4 Å². The molecule has 0 unspecified atom stereocenters. The number of halogens is 1. The number of aromatic nitrogens is 2. The van der Waals surface area contributed by atoms with E-state index in [4.69, 9.17) is 5.10 Å². The standard InChI is InChI=1S/C26H22BrN3O/c1-16-22-13-12-21-24(26(22,2)14-19(15-28)23(16)31)30(29-25(21)27)20-10-8-18(9-11-20)17-6-4-3-5-7-17/h3-11,14,16,22H,12-13H2,1-2H3/t16-,22-,26-/m1/s1. The highest BCUT2D eigenvalue weighted by Crippen LogP contribution is 2.51. The summed E-state index contributed by atoms with van der Waals surface area (Å²) in [7, 11) is 0. The molecule has 0 spiro atoms. The average molecular weight is 472 g/mol. The van der Waals surface area contributed by atoms with Gasteiger partial charge in [-0.1, -0.05) is 62.4 Å². The van der Waals surface area contributed by atoms with Gasteiger partial charge in [0.15, 0.2) is 5.78 Å². The van der Waals surface area contributed by atoms with Crippen molar-refractivity contribution >= 4 is 21.7 Å². The molecular formula is C26H22BrN3O. The normalized spacial score (nSPS) is 24.7. The molecule has 0 saturated heterocycles. The first kappa shape index (κ1) is 20.0. The predicted molar refractivity (Wildman–Crippen MR) is 124 cm³/mol. The molecule has 1 aromatic heterocycles. The molecule has 0 fully saturated rings. The Bertz CT molecular complexity index is 1250. The highest BCUT2D eigenvalue weighted by atomic mass is 79.9. The van der Waals surface area contributed by atoms with Crippen molar-refractivity contribution in [1.29, 1.82) is 5.26 Å². The minimum absolute atomic E-state index is 0.0363. The van der Waals surface area contributed by atoms with E-state index in [1.165, 1.54) is 11.1 Å². The summed E-state index contributed by atoms with van der Waals surface area (Å²) in [5, 5.41) is 14.4. The largest absolute Gasteiger partial charge is 0.293 e. The van der Waals surface area contributed by atoms with Gasteiger partial charge in [0.1, 0.15) is 10.7 Å². The van der Waals surface area contributed by atoms with Gasteiger partial charge in [-0.2, -0.15) is 10.4 Å². The summed E-state index contributed by atoms with van der Waals surface area (Å²) in [6.07, 6.45) is 3.66. The highest BCUT2D eigenvalue weighted by Gasteiger charge is 2.50. The van der Waals surface area contributed by atoms with Gasteiger partial charge >= 0.3 is 0 Å². The summed E-state index contributed by atoms with van der Waals surface area (Å²) in [6, 6.07) is 20.8. The first-order chi connectivity index (χ1) is 14.9. The summed E-state index contributed by atoms with van der Waals surface area (Å²) in [5.41, 5.74) is 5.38. The lowest BCUT2D eigenvalue weighted by molar-refractivity contribution is -0.121. The maximum absolute atomic E-state index is 12.7. The fourth-order valence-corrected chi connectivity index (χ4v) is 5.96. The number of allylic oxidation sites excluding steroid dienone is 2. The Morgan fingerprint density at radius 2 is 1.81 bits per heavy atom. The van der Waals surface area contributed by atoms with E-state index in [1.54, 1.807) is 0 Å². The highest BCUT2D eigenvalue weighted by molar-refractivity contribution is 9.10. The van der Waals surface area contributed by atoms with Crippen molar-refractivity contribution in [2.75, 3.05) is 0 Å². The Balaban J connectivity index is 1.66. The molecule has 5 heteroatoms. The van der Waals surface area contributed by atoms with Gasteiger partial charge in [-0.25, -0.2) is 4.68 Å². The quantitative estimate of drug-likeness (QED) is 0.474. The Labute approximate surface area is 190 Å². The fourth-order valence-electron chi connectivity index (χ4n) is 5.42. The number of ketones is 1. The van der Waals surface area contributed by atoms with E-state index in [9.17, 15) is 10.1 Å². The van der Waals surface area contributed by atoms with Crippen LogP contribution in [-0.4, -0.2) is 15.6 Å². The molecule has 4 nitrogen and oxygen atoms in total. The van der Waals surface area contributed by atoms with E-state index in [1.807, 2.05) is 35.9 Å². The van der Waals surface area contributed by atoms with Crippen molar-refractivity contribution in [3.05, 3.63) is 82.1 Å². The lowest BCUT2D eigenvalue weighted by atomic mass is 9.58. The number of nitrogens with zero attached hydrogens (tertiary/aromatic N) is 3. The molecule has 3 aromatic rings. The number of hydrogen-bond acceptors (Lipinski definition) is 3. The number of rotatable bonds is 2. The third-order valence-corrected chi connectivity index (χ3v) is 7.62. The molecule has 3 atom stereocenters. The SMILES string of the molecule is C[C@H]1C(=O)C(C#N)=C[C@@]2(C)c3c(c(Br)nn3-c3ccc(-c4ccccc4)cc3)CC[C@H]12. The van der Waals surface area contributed by atoms with E-state index >= 15 is 0 Å². The maximum atomic E-state index is 12.7. The van der Waals surface area contributed by atoms with Crippen molar-refractivity contribution < 1.29 is 4.79 Å². The number of carbonyl (C=O) groups excluding carboxylic acids is 1. The number of Topliss-reactive ketones (excluding diaryl/α,β-unsaturated/α-hetero) is 1. The molecule has 2 aliphatic rings. The van der Waals surface area contributed by atoms with Crippen LogP contribution in [0.1, 0.15) is 31.5 Å². The van der Waals surface area contributed by atoms with Gasteiger partial charge in [-0.3, -0.25) is 4.79 Å². The van der Waals surface area contributed by atoms with Gasteiger partial charge in [0.2, 0.25) is 0 Å². The van der Waals surface area contributed by atoms with Gasteiger partial charge in [0.05, 0.1) is 17.0 Å². The van der Waals surface area contributed by atoms with Crippen LogP contribution in [0.25, 0.3) is 16.8 Å². The number of carbonyl (C=O) groups is 1. The first-order valence-corrected chi connectivity index (χ1v) is 11.3. The van der Waals surface area contributed by atoms with Crippen molar-refractivity contribution in [3.63, 3.8) is 0 Å². The van der Waals surface area contributed by atoms with E-state index in [2.05, 4.69) is 65.3 Å². The Kier molecular flexibility index (Phi) is 4.71. The second-order valence-electron chi connectivity index (χ2n) is 8.69. The lowest BCUT2D eigenvalue weighted by Crippen LogP contribution is -2.46. The smallest absolute Gasteiger partial charge is 0.176 e. The lowest BCUT2D eigenvalue weighted by Gasteiger charge is -2.45. The average Bonchev–Trinajstić information content (AvgIpc) is 3.15. The molecule has 0 bridgehead atoms. The zero-order valence-corrected chi connectivity index (χ0v) is 19.1. The zero-order valence-electron chi connectivity index (χ0n) is 17.5. The molecular weight excluding hydrogens is 450 g/mol. The van der Waals surface area contributed by atoms with E-state index < -0.39 is 5.41 Å². The topological polar surface area (TPSA) is 58.7 Å². The van der Waals surface area contributed by atoms with Crippen LogP contribution in [0.2, 0.25) is 0 Å². The van der Waals surface area contributed by atoms with Gasteiger partial charge in [0.25, 0.3) is 0 Å². The third-order valence-electron chi connectivity index (χ3n) is 6.99. The van der Waals surface area contributed by atoms with E-state index in [-0.39, 0.29) is 23.2 Å². The maximum Gasteiger partial charge on any atom is 0.176 e. The minimum Gasteiger partial charge on any atom is -0.293 e. The summed E-state index contributed by atoms with van der Waals surface area (Å²) in [5.74, 6) is -0.0679. The van der Waals surface area contributed by atoms with Gasteiger partial charge < -0.3 is 0 Å². The van der Waals surface area contributed by atoms with Crippen molar-refractivity contribution in [3.8, 4) is 22.9 Å². The Morgan fingerprint density at radius 1 is 1.13 bits per heavy atom. The summed E-state index contributed by atoms with van der Waals surface area (Å²) < 4.78 is 2.83. The minimum atomic E-state index is -0.427. The molecule has 31 heavy (non-hydrogen) atoms. The molecule has 2 aliphatic carbocycles. The predicted octanol–water partition coefficient (Wildman–Crippen LogP) is 5.79. The molecule has 0 radical (unpaired) electrons. The summed E-state index contributed by atoms with van der Waals surface area (Å²) in [6.45, 7) is 4.11. The fraction of sp³-hybridized carbons (Fsp3) is 0.269. The molecule has 2 aromatic carbocycles. The zero-order chi connectivity index (χ0) is 21.8. The van der Waals surface area contributed by atoms with Crippen LogP contribution in [0, 0.1) is 23.2 Å². The molecule has 0 N–H and O–H groups in total. The summed E-state index contributed by atoms with van der Waals surface area (Å²) >= 11 is 3.67. The molecule has 0 amide bonds. The first-order valence-electron chi connectivity index (χ1n) is 10.5. The number of nitriles is 1. The monoisotopic (exact) mass is 471 g/mol. The van der Waals surface area contributed by atoms with E-state index in [0.29, 0.717) is 0 Å². The summed E-state index contributed by atoms with van der Waals surface area (Å²) in [4.78, 5) is 12.7. The van der Waals surface area contributed by atoms with Crippen LogP contribution < -0.4 is 0 Å². The van der Waals surface area contributed by atoms with Crippen LogP contribution in [0.15, 0.2) is 70.8 Å². The van der Waals surface area contributed by atoms with Crippen LogP contribution >= 0.6 is 15.9 Å². The van der Waals surface area contributed by atoms with Gasteiger partial charge in [0, 0.05) is 16.9 Å². The van der Waals surface area contributed by atoms with Crippen molar-refractivity contribution in [1.82, 2.24) is 9.78 Å². The van der Waals surface area contributed by atoms with Gasteiger partial charge in [-0.05, 0) is 57.9 Å². The van der Waals surface area contributed by atoms with Gasteiger partial charge in [-0.15, -0.1) is 0 Å². The Hall–Kier alpha value is -2.97. The van der Waals surface area contributed by atoms with Crippen molar-refractivity contribution in [2.24, 2.45) is 11.8 Å². The number of fused-ring (bicyclic) bond motifs is 3. The van der Waals surface area contributed by atoms with Crippen molar-refractivity contribution in [2.45, 2.75) is 32.1 Å². The second kappa shape index (κ2) is 7.32. The third kappa shape index (κ3) is 3.01. The number of hydrogen-bond donors (Lipinski definition) is 0. The molecule has 0 saturated carbocycles. The molecule has 5 rings (SSSR count). The second-order valence-corrected chi connectivity index (χ2v) is 9.44.